The summed E-state index contributed by atoms with van der Waals surface area (Å²) in [4.78, 5) is 22.4. The Bertz CT molecular complexity index is 715. The monoisotopic (exact) mass is 328 g/mol. The van der Waals surface area contributed by atoms with E-state index in [9.17, 15) is 14.9 Å². The number of nitrogens with zero attached hydrogens (tertiary/aromatic N) is 3. The molecule has 0 fully saturated rings. The quantitative estimate of drug-likeness (QED) is 0.688. The van der Waals surface area contributed by atoms with Crippen molar-refractivity contribution in [2.75, 3.05) is 5.32 Å². The van der Waals surface area contributed by atoms with Crippen LogP contribution in [0.5, 0.6) is 0 Å². The third-order valence-corrected chi connectivity index (χ3v) is 3.50. The molecule has 0 unspecified atom stereocenters. The number of carbonyl (C=O) groups excluding carboxylic acids is 1. The first-order valence-electron chi connectivity index (χ1n) is 5.91. The Morgan fingerprint density at radius 3 is 2.81 bits per heavy atom. The van der Waals surface area contributed by atoms with Gasteiger partial charge in [0.25, 0.3) is 5.91 Å². The number of nitrogens with one attached hydrogen (secondary N) is 1. The summed E-state index contributed by atoms with van der Waals surface area (Å²) in [6.07, 6.45) is 1.20. The molecule has 9 heteroatoms. The van der Waals surface area contributed by atoms with Gasteiger partial charge in [-0.15, -0.1) is 0 Å². The Kier molecular flexibility index (Phi) is 4.44. The second-order valence-corrected chi connectivity index (χ2v) is 4.82. The van der Waals surface area contributed by atoms with Crippen LogP contribution in [0.25, 0.3) is 0 Å². The van der Waals surface area contributed by atoms with E-state index in [-0.39, 0.29) is 27.1 Å². The molecule has 7 nitrogen and oxygen atoms in total. The van der Waals surface area contributed by atoms with Gasteiger partial charge < -0.3 is 5.32 Å². The van der Waals surface area contributed by atoms with Crippen molar-refractivity contribution in [2.24, 2.45) is 0 Å². The van der Waals surface area contributed by atoms with E-state index >= 15 is 0 Å². The van der Waals surface area contributed by atoms with Crippen LogP contribution < -0.4 is 5.32 Å². The van der Waals surface area contributed by atoms with E-state index in [1.807, 2.05) is 0 Å². The number of rotatable bonds is 4. The van der Waals surface area contributed by atoms with E-state index in [4.69, 9.17) is 23.2 Å². The molecule has 1 aromatic carbocycles. The highest BCUT2D eigenvalue weighted by Crippen LogP contribution is 2.30. The smallest absolute Gasteiger partial charge is 0.319 e. The van der Waals surface area contributed by atoms with Gasteiger partial charge >= 0.3 is 5.69 Å². The maximum atomic E-state index is 12.1. The fraction of sp³-hybridized carbons (Fsp3) is 0.167. The normalized spacial score (nSPS) is 10.4. The maximum absolute atomic E-state index is 12.1. The summed E-state index contributed by atoms with van der Waals surface area (Å²) in [7, 11) is 0. The zero-order chi connectivity index (χ0) is 15.6. The number of hydrogen-bond donors (Lipinski definition) is 1. The van der Waals surface area contributed by atoms with E-state index in [2.05, 4.69) is 10.4 Å². The van der Waals surface area contributed by atoms with Crippen LogP contribution in [0.1, 0.15) is 17.4 Å². The molecular formula is C12H10Cl2N4O3. The van der Waals surface area contributed by atoms with E-state index in [1.165, 1.54) is 16.9 Å². The average molecular weight is 329 g/mol. The molecule has 0 atom stereocenters. The minimum Gasteiger partial charge on any atom is -0.319 e. The van der Waals surface area contributed by atoms with Crippen LogP contribution in [0.4, 0.5) is 11.4 Å². The Hall–Kier alpha value is -2.12. The Balaban J connectivity index is 2.34. The van der Waals surface area contributed by atoms with Crippen LogP contribution in [0.15, 0.2) is 24.4 Å². The van der Waals surface area contributed by atoms with E-state index in [0.29, 0.717) is 6.54 Å². The molecule has 0 saturated carbocycles. The minimum absolute atomic E-state index is 0.157. The van der Waals surface area contributed by atoms with Gasteiger partial charge in [0, 0.05) is 6.54 Å². The first-order valence-corrected chi connectivity index (χ1v) is 6.66. The second-order valence-electron chi connectivity index (χ2n) is 4.03. The van der Waals surface area contributed by atoms with Crippen LogP contribution in [0, 0.1) is 10.1 Å². The highest BCUT2D eigenvalue weighted by molar-refractivity contribution is 6.44. The molecule has 0 aliphatic carbocycles. The molecule has 0 aliphatic heterocycles. The van der Waals surface area contributed by atoms with Gasteiger partial charge in [-0.1, -0.05) is 29.3 Å². The molecule has 1 amide bonds. The predicted octanol–water partition coefficient (Wildman–Crippen LogP) is 3.37. The molecule has 0 radical (unpaired) electrons. The van der Waals surface area contributed by atoms with Crippen LogP contribution in [-0.2, 0) is 6.54 Å². The van der Waals surface area contributed by atoms with Crippen molar-refractivity contribution < 1.29 is 9.72 Å². The first-order chi connectivity index (χ1) is 9.93. The largest absolute Gasteiger partial charge is 0.320 e. The molecule has 2 rings (SSSR count). The zero-order valence-corrected chi connectivity index (χ0v) is 12.4. The van der Waals surface area contributed by atoms with Gasteiger partial charge in [-0.05, 0) is 19.1 Å². The molecule has 0 saturated heterocycles. The van der Waals surface area contributed by atoms with Gasteiger partial charge in [-0.3, -0.25) is 19.6 Å². The number of hydrogen-bond acceptors (Lipinski definition) is 4. The van der Waals surface area contributed by atoms with Crippen molar-refractivity contribution in [2.45, 2.75) is 13.5 Å². The number of amides is 1. The van der Waals surface area contributed by atoms with Crippen LogP contribution in [0.3, 0.4) is 0 Å². The fourth-order valence-electron chi connectivity index (χ4n) is 1.65. The number of aromatic nitrogens is 2. The van der Waals surface area contributed by atoms with Crippen LogP contribution in [-0.4, -0.2) is 20.6 Å². The summed E-state index contributed by atoms with van der Waals surface area (Å²) in [6.45, 7) is 2.16. The lowest BCUT2D eigenvalue weighted by Gasteiger charge is -2.06. The third-order valence-electron chi connectivity index (χ3n) is 2.68. The second kappa shape index (κ2) is 6.11. The van der Waals surface area contributed by atoms with E-state index in [0.717, 1.165) is 0 Å². The first kappa shape index (κ1) is 15.3. The predicted molar refractivity (Wildman–Crippen MR) is 79.0 cm³/mol. The van der Waals surface area contributed by atoms with Gasteiger partial charge in [-0.25, -0.2) is 0 Å². The van der Waals surface area contributed by atoms with Gasteiger partial charge in [0.1, 0.15) is 6.20 Å². The number of halogens is 2. The van der Waals surface area contributed by atoms with Crippen molar-refractivity contribution in [1.29, 1.82) is 0 Å². The lowest BCUT2D eigenvalue weighted by Crippen LogP contribution is -2.15. The highest BCUT2D eigenvalue weighted by Gasteiger charge is 2.26. The lowest BCUT2D eigenvalue weighted by molar-refractivity contribution is -0.385. The minimum atomic E-state index is -0.724. The third kappa shape index (κ3) is 3.14. The summed E-state index contributed by atoms with van der Waals surface area (Å²) in [5, 5.41) is 17.7. The van der Waals surface area contributed by atoms with Crippen molar-refractivity contribution in [3.8, 4) is 0 Å². The molecule has 1 N–H and O–H groups in total. The summed E-state index contributed by atoms with van der Waals surface area (Å²) >= 11 is 11.8. The number of nitro groups is 1. The molecule has 0 bridgehead atoms. The molecule has 1 aromatic heterocycles. The van der Waals surface area contributed by atoms with Crippen molar-refractivity contribution >= 4 is 40.5 Å². The van der Waals surface area contributed by atoms with Crippen molar-refractivity contribution in [3.63, 3.8) is 0 Å². The summed E-state index contributed by atoms with van der Waals surface area (Å²) in [5.74, 6) is -0.724. The topological polar surface area (TPSA) is 90.1 Å². The lowest BCUT2D eigenvalue weighted by atomic mass is 10.3. The Morgan fingerprint density at radius 2 is 2.19 bits per heavy atom. The molecular weight excluding hydrogens is 319 g/mol. The number of anilines is 1. The van der Waals surface area contributed by atoms with Crippen molar-refractivity contribution in [3.05, 3.63) is 50.2 Å². The van der Waals surface area contributed by atoms with E-state index in [1.54, 1.807) is 19.1 Å². The molecule has 0 spiro atoms. The maximum Gasteiger partial charge on any atom is 0.320 e. The number of benzene rings is 1. The fourth-order valence-corrected chi connectivity index (χ4v) is 2.00. The van der Waals surface area contributed by atoms with Crippen LogP contribution >= 0.6 is 23.2 Å². The van der Waals surface area contributed by atoms with Gasteiger partial charge in [-0.2, -0.15) is 5.10 Å². The molecule has 2 aromatic rings. The van der Waals surface area contributed by atoms with E-state index < -0.39 is 10.8 Å². The van der Waals surface area contributed by atoms with Crippen LogP contribution in [0.2, 0.25) is 10.0 Å². The number of carbonyl (C=O) groups is 1. The zero-order valence-electron chi connectivity index (χ0n) is 10.8. The standard InChI is InChI=1S/C12H10Cl2N4O3/c1-2-17-6-9(18(20)21)11(16-17)12(19)15-8-5-3-4-7(13)10(8)14/h3-6H,2H2,1H3,(H,15,19). The Labute approximate surface area is 129 Å². The molecule has 110 valence electrons. The molecule has 0 aliphatic rings. The number of aryl methyl sites for hydroxylation is 1. The average Bonchev–Trinajstić information content (AvgIpc) is 2.88. The van der Waals surface area contributed by atoms with Gasteiger partial charge in [0.15, 0.2) is 0 Å². The Morgan fingerprint density at radius 1 is 1.48 bits per heavy atom. The SMILES string of the molecule is CCn1cc([N+](=O)[O-])c(C(=O)Nc2cccc(Cl)c2Cl)n1. The molecule has 1 heterocycles. The highest BCUT2D eigenvalue weighted by atomic mass is 35.5. The van der Waals surface area contributed by atoms with Gasteiger partial charge in [0.05, 0.1) is 20.7 Å². The van der Waals surface area contributed by atoms with Crippen molar-refractivity contribution in [1.82, 2.24) is 9.78 Å². The van der Waals surface area contributed by atoms with Gasteiger partial charge in [0.2, 0.25) is 5.69 Å². The molecule has 21 heavy (non-hydrogen) atoms. The summed E-state index contributed by atoms with van der Waals surface area (Å²) < 4.78 is 1.31. The summed E-state index contributed by atoms with van der Waals surface area (Å²) in [5.41, 5.74) is -0.389. The summed E-state index contributed by atoms with van der Waals surface area (Å²) in [6, 6.07) is 4.70.